The number of allylic oxidation sites excluding steroid dienone is 4. The van der Waals surface area contributed by atoms with Crippen LogP contribution in [0.4, 0.5) is 0 Å². The van der Waals surface area contributed by atoms with Crippen molar-refractivity contribution in [2.45, 2.75) is 4.82 Å². The van der Waals surface area contributed by atoms with Gasteiger partial charge in [0.25, 0.3) is 0 Å². The number of benzene rings is 2. The molecule has 0 amide bonds. The molecule has 0 saturated heterocycles. The molecule has 20 heavy (non-hydrogen) atoms. The van der Waals surface area contributed by atoms with Crippen molar-refractivity contribution in [1.29, 1.82) is 0 Å². The maximum absolute atomic E-state index is 12.3. The normalized spacial score (nSPS) is 17.6. The van der Waals surface area contributed by atoms with Crippen molar-refractivity contribution in [2.75, 3.05) is 0 Å². The third-order valence-electron chi connectivity index (χ3n) is 3.19. The van der Waals surface area contributed by atoms with Crippen molar-refractivity contribution in [3.8, 4) is 0 Å². The molecule has 1 nitrogen and oxygen atoms in total. The van der Waals surface area contributed by atoms with Gasteiger partial charge in [-0.3, -0.25) is 0 Å². The summed E-state index contributed by atoms with van der Waals surface area (Å²) in [7, 11) is 0. The molecule has 1 aliphatic carbocycles. The number of hydrogen-bond donors (Lipinski definition) is 0. The van der Waals surface area contributed by atoms with Crippen LogP contribution < -0.4 is 8.92 Å². The van der Waals surface area contributed by atoms with Gasteiger partial charge in [0, 0.05) is 0 Å². The molecule has 1 radical (unpaired) electrons. The van der Waals surface area contributed by atoms with Gasteiger partial charge in [0.1, 0.15) is 0 Å². The summed E-state index contributed by atoms with van der Waals surface area (Å²) in [4.78, 5) is 12.3. The van der Waals surface area contributed by atoms with E-state index in [1.165, 1.54) is 8.92 Å². The van der Waals surface area contributed by atoms with Crippen LogP contribution in [0.5, 0.6) is 0 Å². The van der Waals surface area contributed by atoms with E-state index < -0.39 is 13.9 Å². The van der Waals surface area contributed by atoms with Crippen molar-refractivity contribution in [1.82, 2.24) is 0 Å². The zero-order valence-corrected chi connectivity index (χ0v) is 12.7. The summed E-state index contributed by atoms with van der Waals surface area (Å²) in [5.74, 6) is 0.227. The van der Waals surface area contributed by atoms with E-state index in [2.05, 4.69) is 54.6 Å². The molecule has 2 aromatic rings. The average molecular weight is 326 g/mol. The first-order chi connectivity index (χ1) is 9.86. The van der Waals surface area contributed by atoms with Crippen LogP contribution in [0.15, 0.2) is 85.0 Å². The number of rotatable bonds is 3. The first-order valence-electron chi connectivity index (χ1n) is 6.58. The van der Waals surface area contributed by atoms with E-state index in [1.807, 2.05) is 24.3 Å². The summed E-state index contributed by atoms with van der Waals surface area (Å²) in [5.41, 5.74) is 0. The van der Waals surface area contributed by atoms with Crippen LogP contribution in [-0.4, -0.2) is 19.7 Å². The molecule has 2 aromatic carbocycles. The van der Waals surface area contributed by atoms with Crippen LogP contribution in [0.3, 0.4) is 0 Å². The Morgan fingerprint density at radius 1 is 0.750 bits per heavy atom. The predicted molar refractivity (Wildman–Crippen MR) is 84.9 cm³/mol. The molecule has 1 aliphatic rings. The van der Waals surface area contributed by atoms with Crippen molar-refractivity contribution in [3.63, 3.8) is 0 Å². The van der Waals surface area contributed by atoms with Gasteiger partial charge < -0.3 is 0 Å². The predicted octanol–water partition coefficient (Wildman–Crippen LogP) is 2.36. The van der Waals surface area contributed by atoms with Crippen LogP contribution in [-0.2, 0) is 4.79 Å². The quantitative estimate of drug-likeness (QED) is 0.792. The van der Waals surface area contributed by atoms with Gasteiger partial charge in [-0.05, 0) is 0 Å². The Morgan fingerprint density at radius 2 is 1.30 bits per heavy atom. The Morgan fingerprint density at radius 3 is 1.80 bits per heavy atom. The van der Waals surface area contributed by atoms with E-state index in [9.17, 15) is 4.79 Å². The fraction of sp³-hybridized carbons (Fsp3) is 0.0556. The minimum absolute atomic E-state index is 0.00444. The summed E-state index contributed by atoms with van der Waals surface area (Å²) in [6, 6.07) is 20.9. The van der Waals surface area contributed by atoms with E-state index in [-0.39, 0.29) is 10.6 Å². The van der Waals surface area contributed by atoms with Gasteiger partial charge in [0.05, 0.1) is 0 Å². The average Bonchev–Trinajstić information content (AvgIpc) is 2.52. The van der Waals surface area contributed by atoms with E-state index in [4.69, 9.17) is 0 Å². The minimum atomic E-state index is -1.41. The van der Waals surface area contributed by atoms with E-state index in [0.29, 0.717) is 0 Å². The maximum atomic E-state index is 12.3. The van der Waals surface area contributed by atoms with Crippen LogP contribution in [0.1, 0.15) is 0 Å². The summed E-state index contributed by atoms with van der Waals surface area (Å²) < 4.78 is 2.61. The summed E-state index contributed by atoms with van der Waals surface area (Å²) in [6.45, 7) is 0. The summed E-state index contributed by atoms with van der Waals surface area (Å²) >= 11 is -1.41. The van der Waals surface area contributed by atoms with Gasteiger partial charge in [-0.1, -0.05) is 0 Å². The SMILES string of the molecule is O=C1C=CC=CC1[Se](c1ccccc1)c1ccccc1. The molecule has 0 aromatic heterocycles. The second-order valence-electron chi connectivity index (χ2n) is 4.53. The summed E-state index contributed by atoms with van der Waals surface area (Å²) in [5, 5.41) is 0. The fourth-order valence-electron chi connectivity index (χ4n) is 2.26. The van der Waals surface area contributed by atoms with Crippen LogP contribution in [0, 0.1) is 0 Å². The Balaban J connectivity index is 2.07. The second-order valence-corrected chi connectivity index (χ2v) is 8.99. The Hall–Kier alpha value is -1.89. The summed E-state index contributed by atoms with van der Waals surface area (Å²) in [6.07, 6.45) is 7.59. The number of ketones is 1. The fourth-order valence-corrected chi connectivity index (χ4v) is 7.13. The topological polar surface area (TPSA) is 17.1 Å². The standard InChI is InChI=1S/C18H15OSe/c19-17-13-7-8-14-18(17)20(15-9-3-1-4-10-15)16-11-5-2-6-12-16/h1-14,18H. The third kappa shape index (κ3) is 2.67. The van der Waals surface area contributed by atoms with Crippen LogP contribution >= 0.6 is 0 Å². The molecule has 0 N–H and O–H groups in total. The van der Waals surface area contributed by atoms with Gasteiger partial charge >= 0.3 is 123 Å². The molecule has 0 fully saturated rings. The van der Waals surface area contributed by atoms with Crippen molar-refractivity contribution in [2.24, 2.45) is 0 Å². The van der Waals surface area contributed by atoms with E-state index in [0.717, 1.165) is 0 Å². The first kappa shape index (κ1) is 13.1. The van der Waals surface area contributed by atoms with Gasteiger partial charge in [-0.25, -0.2) is 0 Å². The Labute approximate surface area is 123 Å². The number of hydrogen-bond acceptors (Lipinski definition) is 1. The van der Waals surface area contributed by atoms with Gasteiger partial charge in [0.15, 0.2) is 0 Å². The molecule has 0 spiro atoms. The van der Waals surface area contributed by atoms with Crippen molar-refractivity contribution < 1.29 is 4.79 Å². The zero-order valence-electron chi connectivity index (χ0n) is 11.0. The van der Waals surface area contributed by atoms with E-state index in [1.54, 1.807) is 6.08 Å². The molecule has 0 heterocycles. The Kier molecular flexibility index (Phi) is 3.96. The molecule has 0 saturated carbocycles. The second kappa shape index (κ2) is 6.04. The monoisotopic (exact) mass is 327 g/mol. The van der Waals surface area contributed by atoms with Crippen molar-refractivity contribution in [3.05, 3.63) is 85.0 Å². The third-order valence-corrected chi connectivity index (χ3v) is 8.34. The Bertz CT molecular complexity index is 604. The molecular weight excluding hydrogens is 311 g/mol. The van der Waals surface area contributed by atoms with Crippen LogP contribution in [0.2, 0.25) is 4.82 Å². The molecule has 0 aliphatic heterocycles. The molecule has 99 valence electrons. The molecule has 3 rings (SSSR count). The van der Waals surface area contributed by atoms with Gasteiger partial charge in [0.2, 0.25) is 0 Å². The van der Waals surface area contributed by atoms with Crippen LogP contribution in [0.25, 0.3) is 0 Å². The molecule has 1 atom stereocenters. The zero-order chi connectivity index (χ0) is 13.8. The molecule has 1 unspecified atom stereocenters. The first-order valence-corrected chi connectivity index (χ1v) is 9.28. The van der Waals surface area contributed by atoms with E-state index >= 15 is 0 Å². The molecule has 0 bridgehead atoms. The number of carbonyl (C=O) groups is 1. The van der Waals surface area contributed by atoms with Gasteiger partial charge in [-0.2, -0.15) is 0 Å². The van der Waals surface area contributed by atoms with Gasteiger partial charge in [-0.15, -0.1) is 0 Å². The number of carbonyl (C=O) groups excluding carboxylic acids is 1. The molecule has 2 heteroatoms. The molecular formula is C18H15OSe. The van der Waals surface area contributed by atoms with Crippen molar-refractivity contribution >= 4 is 28.6 Å².